The van der Waals surface area contributed by atoms with E-state index in [4.69, 9.17) is 11.6 Å². The summed E-state index contributed by atoms with van der Waals surface area (Å²) in [6.07, 6.45) is 1.50. The minimum atomic E-state index is -1.28. The predicted molar refractivity (Wildman–Crippen MR) is 76.7 cm³/mol. The number of carbonyl (C=O) groups excluding carboxylic acids is 2. The van der Waals surface area contributed by atoms with Crippen LogP contribution in [0.2, 0.25) is 5.02 Å². The molecule has 1 saturated heterocycles. The molecule has 2 aromatic rings. The van der Waals surface area contributed by atoms with Gasteiger partial charge in [-0.2, -0.15) is 5.10 Å². The van der Waals surface area contributed by atoms with Crippen molar-refractivity contribution >= 4 is 29.0 Å². The molecule has 2 heterocycles. The van der Waals surface area contributed by atoms with Crippen molar-refractivity contribution in [2.24, 2.45) is 5.41 Å². The summed E-state index contributed by atoms with van der Waals surface area (Å²) in [5, 5.41) is 4.12. The van der Waals surface area contributed by atoms with Crippen LogP contribution in [-0.2, 0) is 9.59 Å². The Bertz CT molecular complexity index is 760. The molecular weight excluding hydrogens is 311 g/mol. The first kappa shape index (κ1) is 14.6. The standard InChI is InChI=1S/C14H12ClFN4O2/c1-14(2)11(21)12(19-7-17-6-18-19)20(13(14)22)10-4-3-8(15)5-9(10)16/h3-7,12H,1-2H3. The van der Waals surface area contributed by atoms with Crippen LogP contribution in [0.4, 0.5) is 10.1 Å². The van der Waals surface area contributed by atoms with Crippen molar-refractivity contribution in [3.8, 4) is 0 Å². The summed E-state index contributed by atoms with van der Waals surface area (Å²) < 4.78 is 15.5. The van der Waals surface area contributed by atoms with Crippen LogP contribution < -0.4 is 4.90 Å². The molecule has 1 aromatic heterocycles. The minimum Gasteiger partial charge on any atom is -0.294 e. The highest BCUT2D eigenvalue weighted by Crippen LogP contribution is 2.41. The van der Waals surface area contributed by atoms with Crippen LogP contribution in [0.3, 0.4) is 0 Å². The van der Waals surface area contributed by atoms with Gasteiger partial charge in [-0.15, -0.1) is 0 Å². The molecule has 1 unspecified atom stereocenters. The topological polar surface area (TPSA) is 68.1 Å². The molecule has 1 amide bonds. The lowest BCUT2D eigenvalue weighted by molar-refractivity contribution is -0.133. The number of halogens is 2. The molecule has 1 fully saturated rings. The summed E-state index contributed by atoms with van der Waals surface area (Å²) in [5.74, 6) is -1.56. The van der Waals surface area contributed by atoms with Gasteiger partial charge in [0.1, 0.15) is 23.9 Å². The van der Waals surface area contributed by atoms with E-state index in [2.05, 4.69) is 10.1 Å². The van der Waals surface area contributed by atoms with Gasteiger partial charge in [0.05, 0.1) is 5.69 Å². The zero-order valence-electron chi connectivity index (χ0n) is 11.8. The van der Waals surface area contributed by atoms with Gasteiger partial charge in [-0.3, -0.25) is 14.5 Å². The lowest BCUT2D eigenvalue weighted by Gasteiger charge is -2.24. The van der Waals surface area contributed by atoms with Crippen LogP contribution in [0.5, 0.6) is 0 Å². The van der Waals surface area contributed by atoms with E-state index in [1.165, 1.54) is 43.3 Å². The van der Waals surface area contributed by atoms with E-state index in [1.54, 1.807) is 0 Å². The van der Waals surface area contributed by atoms with Crippen molar-refractivity contribution in [1.29, 1.82) is 0 Å². The molecule has 0 spiro atoms. The molecule has 0 aliphatic carbocycles. The summed E-state index contributed by atoms with van der Waals surface area (Å²) >= 11 is 5.74. The van der Waals surface area contributed by atoms with Crippen LogP contribution in [0, 0.1) is 11.2 Å². The van der Waals surface area contributed by atoms with Gasteiger partial charge in [0.2, 0.25) is 5.91 Å². The number of amides is 1. The average Bonchev–Trinajstić information content (AvgIpc) is 3.02. The van der Waals surface area contributed by atoms with Gasteiger partial charge < -0.3 is 0 Å². The van der Waals surface area contributed by atoms with Crippen LogP contribution in [0.1, 0.15) is 20.0 Å². The molecule has 22 heavy (non-hydrogen) atoms. The number of aromatic nitrogens is 3. The van der Waals surface area contributed by atoms with E-state index in [-0.39, 0.29) is 16.5 Å². The second kappa shape index (κ2) is 4.88. The van der Waals surface area contributed by atoms with E-state index < -0.39 is 23.3 Å². The van der Waals surface area contributed by atoms with Crippen molar-refractivity contribution in [3.63, 3.8) is 0 Å². The number of Topliss-reactive ketones (excluding diaryl/α,β-unsaturated/α-hetero) is 1. The Labute approximate surface area is 130 Å². The van der Waals surface area contributed by atoms with Crippen LogP contribution in [-0.4, -0.2) is 26.5 Å². The lowest BCUT2D eigenvalue weighted by Crippen LogP contribution is -2.34. The molecule has 0 radical (unpaired) electrons. The number of carbonyl (C=O) groups is 2. The van der Waals surface area contributed by atoms with E-state index in [9.17, 15) is 14.0 Å². The second-order valence-electron chi connectivity index (χ2n) is 5.51. The Hall–Kier alpha value is -2.28. The smallest absolute Gasteiger partial charge is 0.242 e. The Morgan fingerprint density at radius 2 is 2.05 bits per heavy atom. The Kier molecular flexibility index (Phi) is 3.25. The molecule has 0 saturated carbocycles. The number of benzene rings is 1. The highest BCUT2D eigenvalue weighted by molar-refractivity contribution is 6.30. The van der Waals surface area contributed by atoms with Gasteiger partial charge >= 0.3 is 0 Å². The maximum absolute atomic E-state index is 14.2. The van der Waals surface area contributed by atoms with Crippen LogP contribution in [0.25, 0.3) is 0 Å². The average molecular weight is 323 g/mol. The van der Waals surface area contributed by atoms with Crippen molar-refractivity contribution in [3.05, 3.63) is 41.7 Å². The maximum atomic E-state index is 14.2. The zero-order valence-corrected chi connectivity index (χ0v) is 12.6. The summed E-state index contributed by atoms with van der Waals surface area (Å²) in [7, 11) is 0. The number of hydrogen-bond acceptors (Lipinski definition) is 4. The summed E-state index contributed by atoms with van der Waals surface area (Å²) in [6, 6.07) is 3.92. The SMILES string of the molecule is CC1(C)C(=O)C(n2cncn2)N(c2ccc(Cl)cc2F)C1=O. The van der Waals surface area contributed by atoms with Gasteiger partial charge in [0.15, 0.2) is 11.9 Å². The molecule has 3 rings (SSSR count). The highest BCUT2D eigenvalue weighted by atomic mass is 35.5. The van der Waals surface area contributed by atoms with Crippen LogP contribution in [0.15, 0.2) is 30.9 Å². The number of anilines is 1. The Balaban J connectivity index is 2.18. The number of nitrogens with zero attached hydrogens (tertiary/aromatic N) is 4. The lowest BCUT2D eigenvalue weighted by atomic mass is 9.90. The third-order valence-electron chi connectivity index (χ3n) is 3.70. The van der Waals surface area contributed by atoms with E-state index in [0.29, 0.717) is 0 Å². The fourth-order valence-electron chi connectivity index (χ4n) is 2.46. The third-order valence-corrected chi connectivity index (χ3v) is 3.94. The number of hydrogen-bond donors (Lipinski definition) is 0. The second-order valence-corrected chi connectivity index (χ2v) is 5.95. The van der Waals surface area contributed by atoms with Gasteiger partial charge in [-0.25, -0.2) is 14.1 Å². The monoisotopic (exact) mass is 322 g/mol. The molecule has 0 bridgehead atoms. The molecule has 1 aromatic carbocycles. The fourth-order valence-corrected chi connectivity index (χ4v) is 2.62. The molecule has 114 valence electrons. The zero-order chi connectivity index (χ0) is 16.1. The van der Waals surface area contributed by atoms with Gasteiger partial charge in [0, 0.05) is 5.02 Å². The molecule has 8 heteroatoms. The maximum Gasteiger partial charge on any atom is 0.242 e. The van der Waals surface area contributed by atoms with Crippen molar-refractivity contribution in [2.75, 3.05) is 4.90 Å². The minimum absolute atomic E-state index is 0.0196. The van der Waals surface area contributed by atoms with E-state index in [0.717, 1.165) is 11.0 Å². The summed E-state index contributed by atoms with van der Waals surface area (Å²) in [4.78, 5) is 30.1. The van der Waals surface area contributed by atoms with E-state index in [1.807, 2.05) is 0 Å². The van der Waals surface area contributed by atoms with Crippen LogP contribution >= 0.6 is 11.6 Å². The number of ketones is 1. The molecule has 6 nitrogen and oxygen atoms in total. The largest absolute Gasteiger partial charge is 0.294 e. The van der Waals surface area contributed by atoms with E-state index >= 15 is 0 Å². The van der Waals surface area contributed by atoms with Crippen molar-refractivity contribution < 1.29 is 14.0 Å². The van der Waals surface area contributed by atoms with Crippen molar-refractivity contribution in [1.82, 2.24) is 14.8 Å². The molecule has 0 N–H and O–H groups in total. The normalized spacial score (nSPS) is 20.7. The molecule has 1 aliphatic heterocycles. The van der Waals surface area contributed by atoms with Crippen molar-refractivity contribution in [2.45, 2.75) is 20.0 Å². The molecule has 1 aliphatic rings. The predicted octanol–water partition coefficient (Wildman–Crippen LogP) is 2.21. The first-order valence-electron chi connectivity index (χ1n) is 6.51. The third kappa shape index (κ3) is 2.00. The number of rotatable bonds is 2. The van der Waals surface area contributed by atoms with Gasteiger partial charge in [-0.05, 0) is 32.0 Å². The first-order valence-corrected chi connectivity index (χ1v) is 6.89. The molecule has 1 atom stereocenters. The Morgan fingerprint density at radius 3 is 2.64 bits per heavy atom. The summed E-state index contributed by atoms with van der Waals surface area (Å²) in [6.45, 7) is 3.02. The Morgan fingerprint density at radius 1 is 1.32 bits per heavy atom. The highest BCUT2D eigenvalue weighted by Gasteiger charge is 2.55. The fraction of sp³-hybridized carbons (Fsp3) is 0.286. The first-order chi connectivity index (χ1) is 10.3. The van der Waals surface area contributed by atoms with Gasteiger partial charge in [-0.1, -0.05) is 11.6 Å². The molecular formula is C14H12ClFN4O2. The quantitative estimate of drug-likeness (QED) is 0.795. The summed E-state index contributed by atoms with van der Waals surface area (Å²) in [5.41, 5.74) is -1.29. The van der Waals surface area contributed by atoms with Gasteiger partial charge in [0.25, 0.3) is 0 Å².